The number of thiophene rings is 1. The van der Waals surface area contributed by atoms with Crippen LogP contribution in [0.5, 0.6) is 0 Å². The summed E-state index contributed by atoms with van der Waals surface area (Å²) in [6.45, 7) is 0. The van der Waals surface area contributed by atoms with Crippen LogP contribution in [0.1, 0.15) is 22.3 Å². The molecular formula is C50H29N3S. The van der Waals surface area contributed by atoms with Gasteiger partial charge in [0.1, 0.15) is 0 Å². The summed E-state index contributed by atoms with van der Waals surface area (Å²) in [6.07, 6.45) is 0. The van der Waals surface area contributed by atoms with Gasteiger partial charge in [-0.05, 0) is 73.5 Å². The summed E-state index contributed by atoms with van der Waals surface area (Å²) < 4.78 is 2.50. The van der Waals surface area contributed by atoms with Gasteiger partial charge in [0.25, 0.3) is 0 Å². The van der Waals surface area contributed by atoms with E-state index in [9.17, 15) is 0 Å². The quantitative estimate of drug-likeness (QED) is 0.184. The standard InChI is InChI=1S/C50H29N3S/c1-2-12-31(13-3-1)47-51-48(53-49(52-47)33-25-27-38-37-18-6-9-23-44(37)54-45(38)29-33)32-24-26-36-34-16-4-7-20-40(34)50(43(36)28-32)41-21-8-5-17-35(41)39-19-10-14-30-15-11-22-42(50)46(30)39/h1-29H. The Hall–Kier alpha value is -6.75. The minimum atomic E-state index is -0.517. The van der Waals surface area contributed by atoms with Crippen molar-refractivity contribution in [1.29, 1.82) is 0 Å². The number of rotatable bonds is 3. The molecule has 0 radical (unpaired) electrons. The van der Waals surface area contributed by atoms with Crippen LogP contribution >= 0.6 is 11.3 Å². The zero-order valence-electron chi connectivity index (χ0n) is 29.0. The average Bonchev–Trinajstić information content (AvgIpc) is 3.76. The van der Waals surface area contributed by atoms with E-state index in [0.29, 0.717) is 17.5 Å². The van der Waals surface area contributed by atoms with Crippen molar-refractivity contribution >= 4 is 42.3 Å². The Kier molecular flexibility index (Phi) is 6.14. The maximum Gasteiger partial charge on any atom is 0.164 e. The molecule has 0 saturated heterocycles. The first kappa shape index (κ1) is 29.8. The lowest BCUT2D eigenvalue weighted by atomic mass is 9.61. The van der Waals surface area contributed by atoms with E-state index in [1.165, 1.54) is 75.5 Å². The number of hydrogen-bond donors (Lipinski definition) is 0. The van der Waals surface area contributed by atoms with Crippen LogP contribution in [-0.4, -0.2) is 15.0 Å². The monoisotopic (exact) mass is 703 g/mol. The Morgan fingerprint density at radius 3 is 1.70 bits per heavy atom. The molecule has 2 aliphatic carbocycles. The molecule has 54 heavy (non-hydrogen) atoms. The summed E-state index contributed by atoms with van der Waals surface area (Å²) in [6, 6.07) is 63.8. The SMILES string of the molecule is c1ccc(-c2nc(-c3ccc4c(c3)C3(c5ccccc5-4)c4ccccc4-c4cccc5cccc3c45)nc(-c3ccc4c(c3)sc3ccccc34)n2)cc1. The van der Waals surface area contributed by atoms with E-state index in [2.05, 4.69) is 158 Å². The topological polar surface area (TPSA) is 38.7 Å². The van der Waals surface area contributed by atoms with E-state index in [0.717, 1.165) is 16.7 Å². The molecule has 0 saturated carbocycles. The fraction of sp³-hybridized carbons (Fsp3) is 0.0200. The lowest BCUT2D eigenvalue weighted by Crippen LogP contribution is -2.31. The molecule has 2 heterocycles. The fourth-order valence-corrected chi connectivity index (χ4v) is 10.4. The molecule has 4 heteroatoms. The largest absolute Gasteiger partial charge is 0.208 e. The fourth-order valence-electron chi connectivity index (χ4n) is 9.28. The summed E-state index contributed by atoms with van der Waals surface area (Å²) in [7, 11) is 0. The number of aromatic nitrogens is 3. The van der Waals surface area contributed by atoms with Crippen LogP contribution in [0, 0.1) is 0 Å². The minimum absolute atomic E-state index is 0.517. The van der Waals surface area contributed by atoms with Crippen LogP contribution in [0.4, 0.5) is 0 Å². The maximum atomic E-state index is 5.27. The Labute approximate surface area is 315 Å². The molecule has 8 aromatic carbocycles. The van der Waals surface area contributed by atoms with E-state index in [1.807, 2.05) is 29.5 Å². The molecule has 10 aromatic rings. The molecule has 3 nitrogen and oxygen atoms in total. The molecule has 2 aliphatic rings. The first-order valence-electron chi connectivity index (χ1n) is 18.4. The van der Waals surface area contributed by atoms with Gasteiger partial charge in [-0.25, -0.2) is 15.0 Å². The predicted octanol–water partition coefficient (Wildman–Crippen LogP) is 12.7. The van der Waals surface area contributed by atoms with Crippen molar-refractivity contribution in [2.45, 2.75) is 5.41 Å². The molecule has 0 N–H and O–H groups in total. The van der Waals surface area contributed by atoms with Crippen molar-refractivity contribution in [3.63, 3.8) is 0 Å². The van der Waals surface area contributed by atoms with Crippen molar-refractivity contribution < 1.29 is 0 Å². The molecule has 250 valence electrons. The number of nitrogens with zero attached hydrogens (tertiary/aromatic N) is 3. The number of fused-ring (bicyclic) bond motifs is 12. The van der Waals surface area contributed by atoms with Gasteiger partial charge in [-0.3, -0.25) is 0 Å². The van der Waals surface area contributed by atoms with Gasteiger partial charge in [0.15, 0.2) is 17.5 Å². The summed E-state index contributed by atoms with van der Waals surface area (Å²) in [5.74, 6) is 1.98. The second-order valence-corrected chi connectivity index (χ2v) is 15.4. The Balaban J connectivity index is 1.12. The molecule has 1 unspecified atom stereocenters. The van der Waals surface area contributed by atoms with Crippen molar-refractivity contribution in [3.05, 3.63) is 198 Å². The van der Waals surface area contributed by atoms with Crippen LogP contribution in [0.25, 0.3) is 87.4 Å². The molecule has 2 aromatic heterocycles. The van der Waals surface area contributed by atoms with Crippen LogP contribution in [0.3, 0.4) is 0 Å². The molecular weight excluding hydrogens is 675 g/mol. The highest BCUT2D eigenvalue weighted by Crippen LogP contribution is 2.62. The summed E-state index contributed by atoms with van der Waals surface area (Å²) >= 11 is 1.81. The first-order valence-corrected chi connectivity index (χ1v) is 19.2. The average molecular weight is 704 g/mol. The van der Waals surface area contributed by atoms with E-state index in [4.69, 9.17) is 15.0 Å². The van der Waals surface area contributed by atoms with Gasteiger partial charge in [-0.15, -0.1) is 11.3 Å². The third kappa shape index (κ3) is 4.03. The van der Waals surface area contributed by atoms with Crippen LogP contribution in [0.2, 0.25) is 0 Å². The highest BCUT2D eigenvalue weighted by molar-refractivity contribution is 7.25. The number of benzene rings is 8. The molecule has 12 rings (SSSR count). The van der Waals surface area contributed by atoms with E-state index < -0.39 is 5.41 Å². The van der Waals surface area contributed by atoms with E-state index in [1.54, 1.807) is 0 Å². The molecule has 0 fully saturated rings. The molecule has 1 spiro atoms. The van der Waals surface area contributed by atoms with Gasteiger partial charge in [0.05, 0.1) is 5.41 Å². The summed E-state index contributed by atoms with van der Waals surface area (Å²) in [5, 5.41) is 5.11. The zero-order chi connectivity index (χ0) is 35.4. The Morgan fingerprint density at radius 1 is 0.352 bits per heavy atom. The second-order valence-electron chi connectivity index (χ2n) is 14.3. The third-order valence-electron chi connectivity index (χ3n) is 11.5. The lowest BCUT2D eigenvalue weighted by molar-refractivity contribution is 0.773. The van der Waals surface area contributed by atoms with E-state index >= 15 is 0 Å². The predicted molar refractivity (Wildman–Crippen MR) is 223 cm³/mol. The van der Waals surface area contributed by atoms with Gasteiger partial charge in [0.2, 0.25) is 0 Å². The number of hydrogen-bond acceptors (Lipinski definition) is 4. The van der Waals surface area contributed by atoms with Gasteiger partial charge in [0, 0.05) is 36.9 Å². The van der Waals surface area contributed by atoms with Gasteiger partial charge >= 0.3 is 0 Å². The van der Waals surface area contributed by atoms with Crippen LogP contribution in [0.15, 0.2) is 176 Å². The minimum Gasteiger partial charge on any atom is -0.208 e. The summed E-state index contributed by atoms with van der Waals surface area (Å²) in [4.78, 5) is 15.6. The normalized spacial score (nSPS) is 15.1. The molecule has 0 amide bonds. The molecule has 1 atom stereocenters. The zero-order valence-corrected chi connectivity index (χ0v) is 29.8. The Bertz CT molecular complexity index is 3170. The molecule has 0 aliphatic heterocycles. The highest BCUT2D eigenvalue weighted by atomic mass is 32.1. The first-order chi connectivity index (χ1) is 26.8. The lowest BCUT2D eigenvalue weighted by Gasteiger charge is -2.40. The van der Waals surface area contributed by atoms with Crippen molar-refractivity contribution in [3.8, 4) is 56.4 Å². The van der Waals surface area contributed by atoms with Crippen molar-refractivity contribution in [1.82, 2.24) is 15.0 Å². The van der Waals surface area contributed by atoms with Crippen LogP contribution < -0.4 is 0 Å². The van der Waals surface area contributed by atoms with E-state index in [-0.39, 0.29) is 0 Å². The van der Waals surface area contributed by atoms with Gasteiger partial charge in [-0.1, -0.05) is 158 Å². The van der Waals surface area contributed by atoms with Gasteiger partial charge < -0.3 is 0 Å². The summed E-state index contributed by atoms with van der Waals surface area (Å²) in [5.41, 5.74) is 12.6. The van der Waals surface area contributed by atoms with Crippen molar-refractivity contribution in [2.24, 2.45) is 0 Å². The third-order valence-corrected chi connectivity index (χ3v) is 12.7. The smallest absolute Gasteiger partial charge is 0.164 e. The van der Waals surface area contributed by atoms with Gasteiger partial charge in [-0.2, -0.15) is 0 Å². The Morgan fingerprint density at radius 2 is 0.907 bits per heavy atom. The second kappa shape index (κ2) is 11.1. The van der Waals surface area contributed by atoms with Crippen molar-refractivity contribution in [2.75, 3.05) is 0 Å². The van der Waals surface area contributed by atoms with Crippen LogP contribution in [-0.2, 0) is 5.41 Å². The highest BCUT2D eigenvalue weighted by Gasteiger charge is 2.50. The molecule has 0 bridgehead atoms. The maximum absolute atomic E-state index is 5.27.